The summed E-state index contributed by atoms with van der Waals surface area (Å²) in [6.07, 6.45) is 4.37. The van der Waals surface area contributed by atoms with Gasteiger partial charge in [0.15, 0.2) is 0 Å². The van der Waals surface area contributed by atoms with Gasteiger partial charge in [-0.3, -0.25) is 0 Å². The van der Waals surface area contributed by atoms with Crippen LogP contribution in [0.2, 0.25) is 0 Å². The Hall–Kier alpha value is -0.0800. The first-order chi connectivity index (χ1) is 6.40. The van der Waals surface area contributed by atoms with Crippen molar-refractivity contribution in [3.63, 3.8) is 0 Å². The highest BCUT2D eigenvalue weighted by Crippen LogP contribution is 2.43. The zero-order valence-corrected chi connectivity index (χ0v) is 10.3. The summed E-state index contributed by atoms with van der Waals surface area (Å²) in [5.74, 6) is 0.581. The highest BCUT2D eigenvalue weighted by atomic mass is 16.5. The second kappa shape index (κ2) is 3.82. The average Bonchev–Trinajstić information content (AvgIpc) is 2.21. The molecule has 2 nitrogen and oxygen atoms in total. The molecular weight excluding hydrogens is 174 g/mol. The van der Waals surface area contributed by atoms with E-state index in [9.17, 15) is 5.21 Å². The summed E-state index contributed by atoms with van der Waals surface area (Å²) in [5, 5.41) is 12.0. The van der Waals surface area contributed by atoms with E-state index < -0.39 is 0 Å². The van der Waals surface area contributed by atoms with Crippen LogP contribution in [0.3, 0.4) is 0 Å². The van der Waals surface area contributed by atoms with Crippen molar-refractivity contribution in [1.29, 1.82) is 0 Å². The monoisotopic (exact) mass is 199 g/mol. The Labute approximate surface area is 88.3 Å². The maximum absolute atomic E-state index is 10.4. The number of rotatable bonds is 2. The van der Waals surface area contributed by atoms with Crippen LogP contribution in [-0.4, -0.2) is 21.3 Å². The molecule has 0 saturated carbocycles. The third-order valence-corrected chi connectivity index (χ3v) is 4.65. The van der Waals surface area contributed by atoms with Crippen molar-refractivity contribution >= 4 is 0 Å². The van der Waals surface area contributed by atoms with Crippen LogP contribution in [0, 0.1) is 5.92 Å². The minimum atomic E-state index is -0.0387. The van der Waals surface area contributed by atoms with E-state index in [1.54, 1.807) is 5.06 Å². The first kappa shape index (κ1) is 12.0. The SMILES string of the molecule is CCC1(C)CCC(C)C(C)(CC)N1O. The first-order valence-electron chi connectivity index (χ1n) is 5.90. The lowest BCUT2D eigenvalue weighted by molar-refractivity contribution is -0.269. The molecule has 1 saturated heterocycles. The molecule has 0 aromatic carbocycles. The molecule has 1 fully saturated rings. The largest absolute Gasteiger partial charge is 0.313 e. The quantitative estimate of drug-likeness (QED) is 0.736. The van der Waals surface area contributed by atoms with E-state index in [0.717, 1.165) is 19.3 Å². The van der Waals surface area contributed by atoms with Gasteiger partial charge in [-0.25, -0.2) is 0 Å². The smallest absolute Gasteiger partial charge is 0.0461 e. The Balaban J connectivity index is 2.94. The van der Waals surface area contributed by atoms with Crippen LogP contribution in [0.4, 0.5) is 0 Å². The summed E-state index contributed by atoms with van der Waals surface area (Å²) in [4.78, 5) is 0. The lowest BCUT2D eigenvalue weighted by Gasteiger charge is -2.54. The molecule has 84 valence electrons. The Morgan fingerprint density at radius 1 is 1.29 bits per heavy atom. The number of nitrogens with zero attached hydrogens (tertiary/aromatic N) is 1. The molecule has 1 rings (SSSR count). The Morgan fingerprint density at radius 2 is 1.86 bits per heavy atom. The Morgan fingerprint density at radius 3 is 2.29 bits per heavy atom. The van der Waals surface area contributed by atoms with Gasteiger partial charge in [-0.15, -0.1) is 0 Å². The van der Waals surface area contributed by atoms with Gasteiger partial charge in [0.1, 0.15) is 0 Å². The zero-order valence-electron chi connectivity index (χ0n) is 10.3. The van der Waals surface area contributed by atoms with Crippen molar-refractivity contribution in [2.45, 2.75) is 71.4 Å². The predicted molar refractivity (Wildman–Crippen MR) is 59.4 cm³/mol. The molecule has 0 aromatic heterocycles. The molecule has 0 radical (unpaired) electrons. The molecule has 3 unspecified atom stereocenters. The fourth-order valence-electron chi connectivity index (χ4n) is 2.59. The van der Waals surface area contributed by atoms with Crippen molar-refractivity contribution in [1.82, 2.24) is 5.06 Å². The van der Waals surface area contributed by atoms with Gasteiger partial charge in [0.2, 0.25) is 0 Å². The van der Waals surface area contributed by atoms with Gasteiger partial charge < -0.3 is 5.21 Å². The van der Waals surface area contributed by atoms with Crippen molar-refractivity contribution in [2.75, 3.05) is 0 Å². The minimum Gasteiger partial charge on any atom is -0.313 e. The van der Waals surface area contributed by atoms with Crippen LogP contribution in [0.1, 0.15) is 60.3 Å². The van der Waals surface area contributed by atoms with Crippen LogP contribution in [0.15, 0.2) is 0 Å². The second-order valence-electron chi connectivity index (χ2n) is 5.31. The van der Waals surface area contributed by atoms with Crippen molar-refractivity contribution in [2.24, 2.45) is 5.92 Å². The van der Waals surface area contributed by atoms with Crippen molar-refractivity contribution in [3.8, 4) is 0 Å². The molecule has 1 N–H and O–H groups in total. The topological polar surface area (TPSA) is 23.5 Å². The van der Waals surface area contributed by atoms with Crippen molar-refractivity contribution < 1.29 is 5.21 Å². The molecule has 0 spiro atoms. The molecule has 0 aliphatic carbocycles. The van der Waals surface area contributed by atoms with Gasteiger partial charge in [0, 0.05) is 11.1 Å². The summed E-state index contributed by atoms with van der Waals surface area (Å²) in [6, 6.07) is 0. The third kappa shape index (κ3) is 1.59. The molecule has 0 aromatic rings. The van der Waals surface area contributed by atoms with Gasteiger partial charge in [0.05, 0.1) is 0 Å². The fourth-order valence-corrected chi connectivity index (χ4v) is 2.59. The number of hydroxylamine groups is 2. The molecule has 2 heteroatoms. The molecule has 1 aliphatic heterocycles. The fraction of sp³-hybridized carbons (Fsp3) is 1.00. The number of hydrogen-bond acceptors (Lipinski definition) is 2. The van der Waals surface area contributed by atoms with E-state index in [4.69, 9.17) is 0 Å². The highest BCUT2D eigenvalue weighted by molar-refractivity contribution is 4.99. The highest BCUT2D eigenvalue weighted by Gasteiger charge is 2.48. The van der Waals surface area contributed by atoms with Gasteiger partial charge in [-0.2, -0.15) is 5.06 Å². The third-order valence-electron chi connectivity index (χ3n) is 4.65. The van der Waals surface area contributed by atoms with Crippen molar-refractivity contribution in [3.05, 3.63) is 0 Å². The van der Waals surface area contributed by atoms with E-state index in [2.05, 4.69) is 34.6 Å². The first-order valence-corrected chi connectivity index (χ1v) is 5.90. The van der Waals surface area contributed by atoms with Crippen LogP contribution in [0.5, 0.6) is 0 Å². The summed E-state index contributed by atoms with van der Waals surface area (Å²) in [5.41, 5.74) is -0.0553. The number of piperidine rings is 1. The minimum absolute atomic E-state index is 0.0166. The van der Waals surface area contributed by atoms with E-state index >= 15 is 0 Å². The van der Waals surface area contributed by atoms with E-state index in [1.165, 1.54) is 6.42 Å². The second-order valence-corrected chi connectivity index (χ2v) is 5.31. The summed E-state index contributed by atoms with van der Waals surface area (Å²) < 4.78 is 0. The zero-order chi connectivity index (χ0) is 11.0. The van der Waals surface area contributed by atoms with Gasteiger partial charge >= 0.3 is 0 Å². The lowest BCUT2D eigenvalue weighted by atomic mass is 9.71. The normalized spacial score (nSPS) is 45.4. The molecule has 0 amide bonds. The Kier molecular flexibility index (Phi) is 3.27. The van der Waals surface area contributed by atoms with E-state index in [0.29, 0.717) is 5.92 Å². The summed E-state index contributed by atoms with van der Waals surface area (Å²) >= 11 is 0. The van der Waals surface area contributed by atoms with Gasteiger partial charge in [0.25, 0.3) is 0 Å². The van der Waals surface area contributed by atoms with E-state index in [1.807, 2.05) is 0 Å². The van der Waals surface area contributed by atoms with Gasteiger partial charge in [-0.05, 0) is 45.4 Å². The van der Waals surface area contributed by atoms with Crippen LogP contribution < -0.4 is 0 Å². The summed E-state index contributed by atoms with van der Waals surface area (Å²) in [6.45, 7) is 10.9. The standard InChI is InChI=1S/C12H25NO/c1-6-11(4)9-8-10(3)12(5,7-2)13(11)14/h10,14H,6-9H2,1-5H3. The predicted octanol–water partition coefficient (Wildman–Crippen LogP) is 3.44. The molecular formula is C12H25NO. The maximum atomic E-state index is 10.4. The molecule has 14 heavy (non-hydrogen) atoms. The van der Waals surface area contributed by atoms with Crippen LogP contribution >= 0.6 is 0 Å². The molecule has 1 heterocycles. The average molecular weight is 199 g/mol. The van der Waals surface area contributed by atoms with Crippen LogP contribution in [0.25, 0.3) is 0 Å². The van der Waals surface area contributed by atoms with E-state index in [-0.39, 0.29) is 11.1 Å². The Bertz CT molecular complexity index is 206. The summed E-state index contributed by atoms with van der Waals surface area (Å²) in [7, 11) is 0. The maximum Gasteiger partial charge on any atom is 0.0461 e. The van der Waals surface area contributed by atoms with Crippen LogP contribution in [-0.2, 0) is 0 Å². The molecule has 3 atom stereocenters. The lowest BCUT2D eigenvalue weighted by Crippen LogP contribution is -2.62. The molecule has 0 bridgehead atoms. The molecule has 1 aliphatic rings. The number of hydrogen-bond donors (Lipinski definition) is 1. The van der Waals surface area contributed by atoms with Gasteiger partial charge in [-0.1, -0.05) is 20.8 Å².